The van der Waals surface area contributed by atoms with Crippen LogP contribution in [0.4, 0.5) is 0 Å². The maximum Gasteiger partial charge on any atom is 0.313 e. The quantitative estimate of drug-likeness (QED) is 0.627. The first-order chi connectivity index (χ1) is 9.08. The molecule has 1 fully saturated rings. The highest BCUT2D eigenvalue weighted by atomic mass is 32.2. The molecule has 2 N–H and O–H groups in total. The average molecular weight is 284 g/mol. The molecule has 2 rings (SSSR count). The number of hydrogen-bond acceptors (Lipinski definition) is 4. The molecule has 1 heterocycles. The van der Waals surface area contributed by atoms with Crippen LogP contribution in [0.2, 0.25) is 0 Å². The third kappa shape index (κ3) is 3.50. The van der Waals surface area contributed by atoms with Gasteiger partial charge in [-0.05, 0) is 6.42 Å². The summed E-state index contributed by atoms with van der Waals surface area (Å²) in [7, 11) is 0. The highest BCUT2D eigenvalue weighted by Crippen LogP contribution is 2.32. The van der Waals surface area contributed by atoms with E-state index < -0.39 is 5.97 Å². The lowest BCUT2D eigenvalue weighted by molar-refractivity contribution is -0.134. The number of carbonyl (C=O) groups excluding carboxylic acids is 2. The number of thioether (sulfide) groups is 1. The number of carboxylic acids is 1. The Morgan fingerprint density at radius 3 is 2.84 bits per heavy atom. The molecule has 2 atom stereocenters. The minimum absolute atomic E-state index is 0.0341. The second-order valence-electron chi connectivity index (χ2n) is 4.56. The lowest BCUT2D eigenvalue weighted by atomic mass is 10.1. The largest absolute Gasteiger partial charge is 0.481 e. The van der Waals surface area contributed by atoms with Gasteiger partial charge < -0.3 is 15.3 Å². The summed E-state index contributed by atoms with van der Waals surface area (Å²) in [5, 5.41) is 11.1. The Bertz CT molecular complexity index is 424. The predicted molar refractivity (Wildman–Crippen MR) is 70.7 cm³/mol. The van der Waals surface area contributed by atoms with Gasteiger partial charge in [0.05, 0.1) is 23.5 Å². The van der Waals surface area contributed by atoms with Crippen LogP contribution in [0.5, 0.6) is 0 Å². The number of hydrogen-bond donors (Lipinski definition) is 2. The molecule has 0 aromatic carbocycles. The van der Waals surface area contributed by atoms with E-state index >= 15 is 0 Å². The van der Waals surface area contributed by atoms with Gasteiger partial charge in [-0.1, -0.05) is 12.2 Å². The Morgan fingerprint density at radius 1 is 1.42 bits per heavy atom. The van der Waals surface area contributed by atoms with Crippen LogP contribution in [0.25, 0.3) is 0 Å². The summed E-state index contributed by atoms with van der Waals surface area (Å²) in [5.74, 6) is -0.894. The van der Waals surface area contributed by atoms with Gasteiger partial charge in [0.1, 0.15) is 0 Å². The molecular formula is C12H16N2O4S. The first kappa shape index (κ1) is 13.9. The van der Waals surface area contributed by atoms with Crippen molar-refractivity contribution >= 4 is 29.5 Å². The van der Waals surface area contributed by atoms with Crippen molar-refractivity contribution < 1.29 is 19.5 Å². The van der Waals surface area contributed by atoms with Gasteiger partial charge in [-0.15, -0.1) is 11.8 Å². The van der Waals surface area contributed by atoms with Crippen LogP contribution in [0, 0.1) is 5.92 Å². The van der Waals surface area contributed by atoms with Crippen molar-refractivity contribution in [1.29, 1.82) is 0 Å². The van der Waals surface area contributed by atoms with Gasteiger partial charge in [-0.25, -0.2) is 0 Å². The summed E-state index contributed by atoms with van der Waals surface area (Å²) < 4.78 is 0. The van der Waals surface area contributed by atoms with E-state index in [1.807, 2.05) is 12.2 Å². The zero-order valence-corrected chi connectivity index (χ0v) is 11.2. The molecule has 2 aliphatic rings. The van der Waals surface area contributed by atoms with E-state index in [4.69, 9.17) is 5.11 Å². The number of aliphatic carboxylic acids is 1. The van der Waals surface area contributed by atoms with Gasteiger partial charge in [0.2, 0.25) is 11.8 Å². The van der Waals surface area contributed by atoms with E-state index in [1.165, 1.54) is 0 Å². The average Bonchev–Trinajstić information content (AvgIpc) is 2.92. The smallest absolute Gasteiger partial charge is 0.313 e. The maximum atomic E-state index is 11.8. The van der Waals surface area contributed by atoms with Crippen molar-refractivity contribution in [2.45, 2.75) is 12.5 Å². The molecular weight excluding hydrogens is 268 g/mol. The van der Waals surface area contributed by atoms with Crippen LogP contribution in [0.15, 0.2) is 12.2 Å². The Hall–Kier alpha value is -1.50. The molecule has 104 valence electrons. The monoisotopic (exact) mass is 284 g/mol. The SMILES string of the molecule is O=C(O)CSCC(=O)NCCN1C(=O)[C@@H]2C=C[C@H]1C2. The molecule has 0 spiro atoms. The molecule has 0 aromatic rings. The number of carboxylic acid groups (broad SMARTS) is 1. The van der Waals surface area contributed by atoms with Crippen LogP contribution in [0.3, 0.4) is 0 Å². The van der Waals surface area contributed by atoms with Crippen LogP contribution >= 0.6 is 11.8 Å². The number of carbonyl (C=O) groups is 3. The van der Waals surface area contributed by atoms with Crippen LogP contribution in [-0.4, -0.2) is 58.4 Å². The van der Waals surface area contributed by atoms with Gasteiger partial charge in [0.15, 0.2) is 0 Å². The first-order valence-corrected chi connectivity index (χ1v) is 7.28. The van der Waals surface area contributed by atoms with Crippen molar-refractivity contribution in [3.05, 3.63) is 12.2 Å². The van der Waals surface area contributed by atoms with Crippen LogP contribution < -0.4 is 5.32 Å². The van der Waals surface area contributed by atoms with Gasteiger partial charge in [-0.2, -0.15) is 0 Å². The molecule has 0 aromatic heterocycles. The summed E-state index contributed by atoms with van der Waals surface area (Å²) in [6.45, 7) is 0.926. The highest BCUT2D eigenvalue weighted by molar-refractivity contribution is 8.00. The van der Waals surface area contributed by atoms with Crippen molar-refractivity contribution in [1.82, 2.24) is 10.2 Å². The molecule has 1 aliphatic heterocycles. The molecule has 1 saturated heterocycles. The number of fused-ring (bicyclic) bond motifs is 2. The van der Waals surface area contributed by atoms with E-state index in [9.17, 15) is 14.4 Å². The molecule has 1 aliphatic carbocycles. The normalized spacial score (nSPS) is 24.0. The summed E-state index contributed by atoms with van der Waals surface area (Å²) >= 11 is 1.06. The molecule has 0 radical (unpaired) electrons. The number of nitrogens with zero attached hydrogens (tertiary/aromatic N) is 1. The van der Waals surface area contributed by atoms with E-state index in [2.05, 4.69) is 5.32 Å². The van der Waals surface area contributed by atoms with Crippen molar-refractivity contribution in [3.63, 3.8) is 0 Å². The number of rotatable bonds is 7. The minimum atomic E-state index is -0.928. The number of amides is 2. The molecule has 0 saturated carbocycles. The van der Waals surface area contributed by atoms with Gasteiger partial charge >= 0.3 is 5.97 Å². The molecule has 0 unspecified atom stereocenters. The fraction of sp³-hybridized carbons (Fsp3) is 0.583. The maximum absolute atomic E-state index is 11.8. The lowest BCUT2D eigenvalue weighted by Gasteiger charge is -2.24. The lowest BCUT2D eigenvalue weighted by Crippen LogP contribution is -2.41. The Morgan fingerprint density at radius 2 is 2.21 bits per heavy atom. The first-order valence-electron chi connectivity index (χ1n) is 6.13. The van der Waals surface area contributed by atoms with Crippen LogP contribution in [0.1, 0.15) is 6.42 Å². The van der Waals surface area contributed by atoms with E-state index in [0.29, 0.717) is 13.1 Å². The third-order valence-electron chi connectivity index (χ3n) is 3.20. The standard InChI is InChI=1S/C12H16N2O4S/c15-10(6-19-7-11(16)17)13-3-4-14-9-2-1-8(5-9)12(14)18/h1-2,8-9H,3-7H2,(H,13,15)(H,16,17)/t8-,9+/m1/s1. The second kappa shape index (κ2) is 6.10. The second-order valence-corrected chi connectivity index (χ2v) is 5.55. The Balaban J connectivity index is 1.62. The molecule has 19 heavy (non-hydrogen) atoms. The van der Waals surface area contributed by atoms with Gasteiger partial charge in [0, 0.05) is 13.1 Å². The van der Waals surface area contributed by atoms with Crippen LogP contribution in [-0.2, 0) is 14.4 Å². The fourth-order valence-electron chi connectivity index (χ4n) is 2.34. The van der Waals surface area contributed by atoms with E-state index in [0.717, 1.165) is 18.2 Å². The van der Waals surface area contributed by atoms with Gasteiger partial charge in [0.25, 0.3) is 0 Å². The fourth-order valence-corrected chi connectivity index (χ4v) is 2.91. The van der Waals surface area contributed by atoms with Crippen molar-refractivity contribution in [2.75, 3.05) is 24.6 Å². The summed E-state index contributed by atoms with van der Waals surface area (Å²) in [6.07, 6.45) is 4.85. The number of nitrogens with one attached hydrogen (secondary N) is 1. The number of likely N-dealkylation sites (tertiary alicyclic amines) is 1. The van der Waals surface area contributed by atoms with E-state index in [1.54, 1.807) is 4.90 Å². The Kier molecular flexibility index (Phi) is 4.47. The molecule has 2 amide bonds. The predicted octanol–water partition coefficient (Wildman–Crippen LogP) is -0.293. The van der Waals surface area contributed by atoms with Gasteiger partial charge in [-0.3, -0.25) is 14.4 Å². The topological polar surface area (TPSA) is 86.7 Å². The minimum Gasteiger partial charge on any atom is -0.481 e. The summed E-state index contributed by atoms with van der Waals surface area (Å²) in [5.41, 5.74) is 0. The molecule has 7 heteroatoms. The zero-order chi connectivity index (χ0) is 13.8. The van der Waals surface area contributed by atoms with Crippen molar-refractivity contribution in [2.24, 2.45) is 5.92 Å². The molecule has 6 nitrogen and oxygen atoms in total. The Labute approximate surface area is 115 Å². The zero-order valence-electron chi connectivity index (χ0n) is 10.4. The van der Waals surface area contributed by atoms with E-state index in [-0.39, 0.29) is 35.3 Å². The highest BCUT2D eigenvalue weighted by Gasteiger charge is 2.40. The third-order valence-corrected chi connectivity index (χ3v) is 4.11. The molecule has 2 bridgehead atoms. The summed E-state index contributed by atoms with van der Waals surface area (Å²) in [4.78, 5) is 35.2. The summed E-state index contributed by atoms with van der Waals surface area (Å²) in [6, 6.07) is 0.191. The van der Waals surface area contributed by atoms with Crippen molar-refractivity contribution in [3.8, 4) is 0 Å².